The second-order valence-electron chi connectivity index (χ2n) is 6.61. The van der Waals surface area contributed by atoms with E-state index in [1.54, 1.807) is 6.21 Å². The van der Waals surface area contributed by atoms with Crippen LogP contribution in [-0.2, 0) is 11.3 Å². The monoisotopic (exact) mass is 425 g/mol. The van der Waals surface area contributed by atoms with Crippen LogP contribution in [0.1, 0.15) is 22.6 Å². The second kappa shape index (κ2) is 9.41. The van der Waals surface area contributed by atoms with Gasteiger partial charge in [0.15, 0.2) is 6.61 Å². The molecule has 0 aliphatic carbocycles. The summed E-state index contributed by atoms with van der Waals surface area (Å²) in [7, 11) is 0. The minimum absolute atomic E-state index is 0.0691. The van der Waals surface area contributed by atoms with E-state index in [2.05, 4.69) is 46.3 Å². The minimum atomic E-state index is -0.286. The summed E-state index contributed by atoms with van der Waals surface area (Å²) in [4.78, 5) is 12.0. The summed E-state index contributed by atoms with van der Waals surface area (Å²) in [5, 5.41) is 5.21. The summed E-state index contributed by atoms with van der Waals surface area (Å²) in [6.07, 6.45) is 3.72. The number of fused-ring (bicyclic) bond motifs is 1. The minimum Gasteiger partial charge on any atom is -0.484 e. The number of carbonyl (C=O) groups is 1. The fraction of sp³-hybridized carbons (Fsp3) is 0.273. The molecule has 4 rings (SSSR count). The highest BCUT2D eigenvalue weighted by molar-refractivity contribution is 8.19. The Hall–Kier alpha value is -2.38. The average molecular weight is 426 g/mol. The van der Waals surface area contributed by atoms with Crippen LogP contribution in [-0.4, -0.2) is 34.8 Å². The number of ether oxygens (including phenoxy) is 1. The number of hydrogen-bond donors (Lipinski definition) is 1. The van der Waals surface area contributed by atoms with Crippen LogP contribution in [0.3, 0.4) is 0 Å². The molecule has 0 bridgehead atoms. The molecule has 0 saturated carbocycles. The molecule has 29 heavy (non-hydrogen) atoms. The fourth-order valence-electron chi connectivity index (χ4n) is 3.27. The van der Waals surface area contributed by atoms with Crippen molar-refractivity contribution in [2.45, 2.75) is 18.1 Å². The molecule has 2 aromatic carbocycles. The van der Waals surface area contributed by atoms with Crippen LogP contribution in [0.5, 0.6) is 5.75 Å². The topological polar surface area (TPSA) is 55.6 Å². The number of nitrogens with one attached hydrogen (secondary N) is 1. The zero-order valence-corrected chi connectivity index (χ0v) is 17.8. The molecule has 0 unspecified atom stereocenters. The number of benzene rings is 2. The maximum absolute atomic E-state index is 12.0. The highest BCUT2D eigenvalue weighted by Gasteiger charge is 2.18. The summed E-state index contributed by atoms with van der Waals surface area (Å²) in [6, 6.07) is 16.2. The number of thioether (sulfide) groups is 2. The lowest BCUT2D eigenvalue weighted by Gasteiger charge is -2.10. The van der Waals surface area contributed by atoms with Gasteiger partial charge in [-0.25, -0.2) is 5.43 Å². The summed E-state index contributed by atoms with van der Waals surface area (Å²) < 4.78 is 8.25. The molecule has 7 heteroatoms. The second-order valence-corrected chi connectivity index (χ2v) is 9.34. The summed E-state index contributed by atoms with van der Waals surface area (Å²) >= 11 is 3.94. The van der Waals surface area contributed by atoms with Crippen molar-refractivity contribution in [2.75, 3.05) is 18.1 Å². The Morgan fingerprint density at radius 3 is 2.72 bits per heavy atom. The standard InChI is InChI=1S/C22H23N3O2S2/c1-2-25-14-17(19-5-3-4-6-20(19)25)13-23-24-21(26)15-27-18-9-7-16(8-10-18)22-28-11-12-29-22/h3-10,13-14,22H,2,11-12,15H2,1H3,(H,24,26)/b23-13-. The molecule has 0 radical (unpaired) electrons. The first-order valence-electron chi connectivity index (χ1n) is 9.60. The third-order valence-corrected chi connectivity index (χ3v) is 7.80. The largest absolute Gasteiger partial charge is 0.484 e. The number of nitrogens with zero attached hydrogens (tertiary/aromatic N) is 2. The third kappa shape index (κ3) is 4.79. The van der Waals surface area contributed by atoms with E-state index in [0.29, 0.717) is 10.3 Å². The Kier molecular flexibility index (Phi) is 6.46. The van der Waals surface area contributed by atoms with E-state index in [4.69, 9.17) is 4.74 Å². The molecular weight excluding hydrogens is 402 g/mol. The molecule has 0 spiro atoms. The van der Waals surface area contributed by atoms with Gasteiger partial charge in [-0.2, -0.15) is 5.10 Å². The first-order valence-corrected chi connectivity index (χ1v) is 11.7. The molecule has 1 saturated heterocycles. The highest BCUT2D eigenvalue weighted by Crippen LogP contribution is 2.45. The number of hydrazone groups is 1. The van der Waals surface area contributed by atoms with E-state index in [0.717, 1.165) is 23.0 Å². The summed E-state index contributed by atoms with van der Waals surface area (Å²) in [6.45, 7) is 2.91. The predicted octanol–water partition coefficient (Wildman–Crippen LogP) is 4.67. The van der Waals surface area contributed by atoms with E-state index in [9.17, 15) is 4.79 Å². The lowest BCUT2D eigenvalue weighted by atomic mass is 10.2. The van der Waals surface area contributed by atoms with E-state index >= 15 is 0 Å². The van der Waals surface area contributed by atoms with Crippen LogP contribution in [0, 0.1) is 0 Å². The molecule has 5 nitrogen and oxygen atoms in total. The van der Waals surface area contributed by atoms with Crippen LogP contribution in [0.2, 0.25) is 0 Å². The number of rotatable bonds is 7. The first kappa shape index (κ1) is 19.9. The van der Waals surface area contributed by atoms with Crippen molar-refractivity contribution in [2.24, 2.45) is 5.10 Å². The van der Waals surface area contributed by atoms with Gasteiger partial charge in [-0.1, -0.05) is 30.3 Å². The zero-order valence-electron chi connectivity index (χ0n) is 16.2. The van der Waals surface area contributed by atoms with E-state index in [1.807, 2.05) is 54.0 Å². The van der Waals surface area contributed by atoms with Crippen molar-refractivity contribution in [3.05, 3.63) is 65.9 Å². The van der Waals surface area contributed by atoms with Crippen molar-refractivity contribution in [3.63, 3.8) is 0 Å². The lowest BCUT2D eigenvalue weighted by Crippen LogP contribution is -2.24. The van der Waals surface area contributed by atoms with Gasteiger partial charge in [0.2, 0.25) is 0 Å². The van der Waals surface area contributed by atoms with Crippen molar-refractivity contribution in [1.29, 1.82) is 0 Å². The van der Waals surface area contributed by atoms with Gasteiger partial charge in [0.05, 0.1) is 10.8 Å². The van der Waals surface area contributed by atoms with Gasteiger partial charge in [-0.3, -0.25) is 4.79 Å². The Morgan fingerprint density at radius 2 is 1.97 bits per heavy atom. The predicted molar refractivity (Wildman–Crippen MR) is 123 cm³/mol. The quantitative estimate of drug-likeness (QED) is 0.442. The first-order chi connectivity index (χ1) is 14.2. The lowest BCUT2D eigenvalue weighted by molar-refractivity contribution is -0.123. The van der Waals surface area contributed by atoms with Gasteiger partial charge >= 0.3 is 0 Å². The number of amides is 1. The van der Waals surface area contributed by atoms with Crippen molar-refractivity contribution in [1.82, 2.24) is 9.99 Å². The number of aryl methyl sites for hydroxylation is 1. The molecule has 1 aliphatic heterocycles. The van der Waals surface area contributed by atoms with E-state index in [1.165, 1.54) is 17.1 Å². The van der Waals surface area contributed by atoms with E-state index in [-0.39, 0.29) is 12.5 Å². The van der Waals surface area contributed by atoms with Gasteiger partial charge in [-0.05, 0) is 30.7 Å². The van der Waals surface area contributed by atoms with E-state index < -0.39 is 0 Å². The number of para-hydroxylation sites is 1. The molecule has 1 N–H and O–H groups in total. The Morgan fingerprint density at radius 1 is 1.21 bits per heavy atom. The molecule has 3 aromatic rings. The van der Waals surface area contributed by atoms with Crippen LogP contribution < -0.4 is 10.2 Å². The summed E-state index contributed by atoms with van der Waals surface area (Å²) in [5.41, 5.74) is 5.97. The maximum atomic E-state index is 12.0. The molecule has 1 fully saturated rings. The Bertz CT molecular complexity index is 1010. The van der Waals surface area contributed by atoms with Gasteiger partial charge in [-0.15, -0.1) is 23.5 Å². The molecule has 1 amide bonds. The Labute approximate surface area is 178 Å². The number of carbonyl (C=O) groups excluding carboxylic acids is 1. The van der Waals surface area contributed by atoms with Gasteiger partial charge in [0, 0.05) is 40.7 Å². The number of hydrogen-bond acceptors (Lipinski definition) is 5. The van der Waals surface area contributed by atoms with Crippen molar-refractivity contribution < 1.29 is 9.53 Å². The highest BCUT2D eigenvalue weighted by atomic mass is 32.2. The molecule has 2 heterocycles. The van der Waals surface area contributed by atoms with Crippen molar-refractivity contribution >= 4 is 46.5 Å². The normalized spacial score (nSPS) is 14.7. The van der Waals surface area contributed by atoms with Gasteiger partial charge in [0.25, 0.3) is 5.91 Å². The van der Waals surface area contributed by atoms with Crippen LogP contribution >= 0.6 is 23.5 Å². The van der Waals surface area contributed by atoms with Crippen LogP contribution in [0.25, 0.3) is 10.9 Å². The van der Waals surface area contributed by atoms with Crippen molar-refractivity contribution in [3.8, 4) is 5.75 Å². The smallest absolute Gasteiger partial charge is 0.277 e. The number of aromatic nitrogens is 1. The Balaban J connectivity index is 1.30. The molecule has 150 valence electrons. The average Bonchev–Trinajstić information content (AvgIpc) is 3.41. The van der Waals surface area contributed by atoms with Crippen LogP contribution in [0.15, 0.2) is 59.8 Å². The molecule has 1 aliphatic rings. The molecular formula is C22H23N3O2S2. The third-order valence-electron chi connectivity index (χ3n) is 4.70. The summed E-state index contributed by atoms with van der Waals surface area (Å²) in [5.74, 6) is 2.80. The molecule has 0 atom stereocenters. The van der Waals surface area contributed by atoms with Gasteiger partial charge < -0.3 is 9.30 Å². The maximum Gasteiger partial charge on any atom is 0.277 e. The SMILES string of the molecule is CCn1cc(/C=N\NC(=O)COc2ccc(C3SCCS3)cc2)c2ccccc21. The van der Waals surface area contributed by atoms with Gasteiger partial charge in [0.1, 0.15) is 5.75 Å². The van der Waals surface area contributed by atoms with Crippen LogP contribution in [0.4, 0.5) is 0 Å². The fourth-order valence-corrected chi connectivity index (χ4v) is 6.13. The molecule has 1 aromatic heterocycles. The zero-order chi connectivity index (χ0) is 20.1.